The molecule has 11 heteroatoms. The summed E-state index contributed by atoms with van der Waals surface area (Å²) in [5, 5.41) is 14.3. The molecule has 3 heterocycles. The van der Waals surface area contributed by atoms with Crippen LogP contribution in [0.3, 0.4) is 0 Å². The summed E-state index contributed by atoms with van der Waals surface area (Å²) in [5.41, 5.74) is 4.34. The van der Waals surface area contributed by atoms with Crippen LogP contribution in [0.1, 0.15) is 23.4 Å². The van der Waals surface area contributed by atoms with E-state index in [4.69, 9.17) is 9.15 Å². The fraction of sp³-hybridized carbons (Fsp3) is 0.357. The van der Waals surface area contributed by atoms with Crippen molar-refractivity contribution in [3.05, 3.63) is 40.6 Å². The highest BCUT2D eigenvalue weighted by Gasteiger charge is 2.25. The predicted octanol–water partition coefficient (Wildman–Crippen LogP) is 1.33. The standard InChI is InChI=1S/C14H16N6O5/c21-14(10-4-2-6-25-10)19-18-13-11(20(22)23)12(16-8-17-13)15-7-9-3-1-5-24-9/h2,4,6,8-9H,1,3,5,7H2,(H,19,21)(H2,15,16,17,18). The van der Waals surface area contributed by atoms with Crippen molar-refractivity contribution >= 4 is 23.2 Å². The van der Waals surface area contributed by atoms with Crippen LogP contribution < -0.4 is 16.2 Å². The van der Waals surface area contributed by atoms with Crippen LogP contribution in [0.2, 0.25) is 0 Å². The minimum absolute atomic E-state index is 0.00960. The van der Waals surface area contributed by atoms with Crippen molar-refractivity contribution in [1.82, 2.24) is 15.4 Å². The van der Waals surface area contributed by atoms with Crippen LogP contribution in [0.15, 0.2) is 29.1 Å². The van der Waals surface area contributed by atoms with E-state index < -0.39 is 10.8 Å². The Kier molecular flexibility index (Phi) is 5.04. The number of nitrogens with zero attached hydrogens (tertiary/aromatic N) is 3. The Morgan fingerprint density at radius 3 is 2.92 bits per heavy atom. The molecule has 25 heavy (non-hydrogen) atoms. The molecule has 0 saturated carbocycles. The van der Waals surface area contributed by atoms with Gasteiger partial charge in [-0.05, 0) is 25.0 Å². The van der Waals surface area contributed by atoms with Crippen LogP contribution in [0.5, 0.6) is 0 Å². The van der Waals surface area contributed by atoms with Gasteiger partial charge in [-0.2, -0.15) is 0 Å². The summed E-state index contributed by atoms with van der Waals surface area (Å²) in [5.74, 6) is -0.632. The van der Waals surface area contributed by atoms with E-state index in [0.717, 1.165) is 19.2 Å². The number of furan rings is 1. The minimum Gasteiger partial charge on any atom is -0.459 e. The molecule has 0 spiro atoms. The zero-order chi connectivity index (χ0) is 17.6. The third-order valence-corrected chi connectivity index (χ3v) is 3.57. The summed E-state index contributed by atoms with van der Waals surface area (Å²) >= 11 is 0. The van der Waals surface area contributed by atoms with Crippen LogP contribution in [0.25, 0.3) is 0 Å². The SMILES string of the molecule is O=C(NNc1ncnc(NCC2CCCO2)c1[N+](=O)[O-])c1ccco1. The molecule has 1 atom stereocenters. The fourth-order valence-electron chi connectivity index (χ4n) is 2.37. The Balaban J connectivity index is 1.70. The minimum atomic E-state index is -0.626. The van der Waals surface area contributed by atoms with Gasteiger partial charge in [0, 0.05) is 13.2 Å². The maximum absolute atomic E-state index is 11.8. The number of nitro groups is 1. The first-order chi connectivity index (χ1) is 12.1. The Morgan fingerprint density at radius 2 is 2.24 bits per heavy atom. The van der Waals surface area contributed by atoms with Gasteiger partial charge in [0.05, 0.1) is 17.3 Å². The Hall–Kier alpha value is -3.21. The van der Waals surface area contributed by atoms with Gasteiger partial charge in [-0.15, -0.1) is 0 Å². The van der Waals surface area contributed by atoms with Gasteiger partial charge in [0.25, 0.3) is 0 Å². The number of hydrazine groups is 1. The second-order valence-electron chi connectivity index (χ2n) is 5.25. The topological polar surface area (TPSA) is 144 Å². The van der Waals surface area contributed by atoms with Crippen LogP contribution in [0.4, 0.5) is 17.3 Å². The number of rotatable bonds is 7. The van der Waals surface area contributed by atoms with E-state index in [1.54, 1.807) is 6.07 Å². The molecule has 1 amide bonds. The second kappa shape index (κ2) is 7.57. The lowest BCUT2D eigenvalue weighted by atomic mass is 10.2. The number of carbonyl (C=O) groups excluding carboxylic acids is 1. The lowest BCUT2D eigenvalue weighted by Gasteiger charge is -2.13. The molecular weight excluding hydrogens is 332 g/mol. The first kappa shape index (κ1) is 16.6. The summed E-state index contributed by atoms with van der Waals surface area (Å²) < 4.78 is 10.4. The van der Waals surface area contributed by atoms with Crippen molar-refractivity contribution in [2.45, 2.75) is 18.9 Å². The summed E-state index contributed by atoms with van der Waals surface area (Å²) in [6, 6.07) is 3.01. The highest BCUT2D eigenvalue weighted by Crippen LogP contribution is 2.28. The van der Waals surface area contributed by atoms with Crippen molar-refractivity contribution < 1.29 is 18.9 Å². The van der Waals surface area contributed by atoms with Crippen molar-refractivity contribution in [2.24, 2.45) is 0 Å². The average Bonchev–Trinajstić information content (AvgIpc) is 3.30. The van der Waals surface area contributed by atoms with Gasteiger partial charge in [-0.3, -0.25) is 25.8 Å². The van der Waals surface area contributed by atoms with Crippen LogP contribution >= 0.6 is 0 Å². The maximum Gasteiger partial charge on any atom is 0.354 e. The summed E-state index contributed by atoms with van der Waals surface area (Å²) in [6.07, 6.45) is 4.34. The lowest BCUT2D eigenvalue weighted by molar-refractivity contribution is -0.383. The van der Waals surface area contributed by atoms with Gasteiger partial charge in [-0.25, -0.2) is 9.97 Å². The molecule has 0 aromatic carbocycles. The number of anilines is 2. The lowest BCUT2D eigenvalue weighted by Crippen LogP contribution is -2.30. The molecule has 1 aliphatic heterocycles. The second-order valence-corrected chi connectivity index (χ2v) is 5.25. The molecule has 132 valence electrons. The molecule has 2 aromatic rings. The van der Waals surface area contributed by atoms with Crippen LogP contribution in [-0.4, -0.2) is 40.1 Å². The highest BCUT2D eigenvalue weighted by molar-refractivity contribution is 5.92. The van der Waals surface area contributed by atoms with E-state index in [9.17, 15) is 14.9 Å². The average molecular weight is 348 g/mol. The van der Waals surface area contributed by atoms with E-state index in [1.807, 2.05) is 0 Å². The van der Waals surface area contributed by atoms with E-state index >= 15 is 0 Å². The molecule has 1 unspecified atom stereocenters. The quantitative estimate of drug-likeness (QED) is 0.498. The van der Waals surface area contributed by atoms with Gasteiger partial charge < -0.3 is 14.5 Å². The molecule has 1 fully saturated rings. The Morgan fingerprint density at radius 1 is 1.40 bits per heavy atom. The molecule has 1 saturated heterocycles. The molecule has 2 aromatic heterocycles. The van der Waals surface area contributed by atoms with Crippen LogP contribution in [0, 0.1) is 10.1 Å². The summed E-state index contributed by atoms with van der Waals surface area (Å²) in [7, 11) is 0. The fourth-order valence-corrected chi connectivity index (χ4v) is 2.37. The predicted molar refractivity (Wildman–Crippen MR) is 85.9 cm³/mol. The van der Waals surface area contributed by atoms with Gasteiger partial charge >= 0.3 is 11.6 Å². The van der Waals surface area contributed by atoms with Crippen molar-refractivity contribution in [2.75, 3.05) is 23.9 Å². The zero-order valence-corrected chi connectivity index (χ0v) is 13.1. The van der Waals surface area contributed by atoms with Crippen LogP contribution in [-0.2, 0) is 4.74 Å². The smallest absolute Gasteiger partial charge is 0.354 e. The molecule has 3 rings (SSSR count). The number of nitrogens with one attached hydrogen (secondary N) is 3. The molecule has 0 bridgehead atoms. The zero-order valence-electron chi connectivity index (χ0n) is 13.1. The first-order valence-corrected chi connectivity index (χ1v) is 7.60. The van der Waals surface area contributed by atoms with E-state index in [0.29, 0.717) is 13.2 Å². The normalized spacial score (nSPS) is 16.4. The molecule has 0 radical (unpaired) electrons. The molecule has 11 nitrogen and oxygen atoms in total. The van der Waals surface area contributed by atoms with Crippen molar-refractivity contribution in [3.63, 3.8) is 0 Å². The third-order valence-electron chi connectivity index (χ3n) is 3.57. The molecule has 1 aliphatic rings. The number of aromatic nitrogens is 2. The summed E-state index contributed by atoms with van der Waals surface area (Å²) in [4.78, 5) is 30.3. The Labute approximate surface area is 141 Å². The largest absolute Gasteiger partial charge is 0.459 e. The number of hydrogen-bond donors (Lipinski definition) is 3. The molecule has 3 N–H and O–H groups in total. The number of amides is 1. The highest BCUT2D eigenvalue weighted by atomic mass is 16.6. The summed E-state index contributed by atoms with van der Waals surface area (Å²) in [6.45, 7) is 1.08. The van der Waals surface area contributed by atoms with Gasteiger partial charge in [-0.1, -0.05) is 0 Å². The molecule has 0 aliphatic carbocycles. The van der Waals surface area contributed by atoms with E-state index in [1.165, 1.54) is 12.3 Å². The van der Waals surface area contributed by atoms with Crippen molar-refractivity contribution in [3.8, 4) is 0 Å². The van der Waals surface area contributed by atoms with Gasteiger partial charge in [0.2, 0.25) is 11.6 Å². The monoisotopic (exact) mass is 348 g/mol. The Bertz CT molecular complexity index is 744. The van der Waals surface area contributed by atoms with Gasteiger partial charge in [0.15, 0.2) is 5.76 Å². The number of carbonyl (C=O) groups is 1. The van der Waals surface area contributed by atoms with E-state index in [2.05, 4.69) is 26.1 Å². The number of hydrogen-bond acceptors (Lipinski definition) is 9. The van der Waals surface area contributed by atoms with Gasteiger partial charge in [0.1, 0.15) is 6.33 Å². The third kappa shape index (κ3) is 4.01. The maximum atomic E-state index is 11.8. The van der Waals surface area contributed by atoms with E-state index in [-0.39, 0.29) is 29.2 Å². The van der Waals surface area contributed by atoms with Crippen molar-refractivity contribution in [1.29, 1.82) is 0 Å². The first-order valence-electron chi connectivity index (χ1n) is 7.60. The molecular formula is C14H16N6O5. The number of ether oxygens (including phenoxy) is 1.